The van der Waals surface area contributed by atoms with E-state index in [1.54, 1.807) is 12.1 Å². The van der Waals surface area contributed by atoms with E-state index >= 15 is 0 Å². The zero-order chi connectivity index (χ0) is 16.7. The van der Waals surface area contributed by atoms with Gasteiger partial charge in [0.15, 0.2) is 0 Å². The number of nitrogens with zero attached hydrogens (tertiary/aromatic N) is 2. The summed E-state index contributed by atoms with van der Waals surface area (Å²) >= 11 is 0. The predicted molar refractivity (Wildman–Crippen MR) is 84.2 cm³/mol. The third-order valence-electron chi connectivity index (χ3n) is 3.60. The van der Waals surface area contributed by atoms with Gasteiger partial charge in [-0.15, -0.1) is 0 Å². The molecule has 23 heavy (non-hydrogen) atoms. The van der Waals surface area contributed by atoms with E-state index in [1.807, 2.05) is 0 Å². The number of sulfonamides is 1. The molecule has 1 aliphatic heterocycles. The van der Waals surface area contributed by atoms with Crippen LogP contribution in [0.4, 0.5) is 0 Å². The molecule has 1 saturated heterocycles. The summed E-state index contributed by atoms with van der Waals surface area (Å²) in [5.41, 5.74) is 0. The molecule has 0 saturated carbocycles. The standard InChI is InChI=1S/C14H23N3O5S/c1-23(19,20)17(5-4-16-6-9-21-10-7-16)12-14(18)15-11-13-3-2-8-22-13/h2-3,8H,4-7,9-12H2,1H3,(H,15,18). The highest BCUT2D eigenvalue weighted by Gasteiger charge is 2.21. The molecule has 0 bridgehead atoms. The Bertz CT molecular complexity index is 582. The molecule has 1 aromatic rings. The van der Waals surface area contributed by atoms with E-state index in [9.17, 15) is 13.2 Å². The largest absolute Gasteiger partial charge is 0.467 e. The number of nitrogens with one attached hydrogen (secondary N) is 1. The monoisotopic (exact) mass is 345 g/mol. The maximum absolute atomic E-state index is 12.0. The summed E-state index contributed by atoms with van der Waals surface area (Å²) in [5, 5.41) is 2.65. The second-order valence-electron chi connectivity index (χ2n) is 5.41. The topological polar surface area (TPSA) is 92.1 Å². The van der Waals surface area contributed by atoms with Crippen molar-refractivity contribution in [1.29, 1.82) is 0 Å². The number of ether oxygens (including phenoxy) is 1. The van der Waals surface area contributed by atoms with Gasteiger partial charge in [-0.05, 0) is 12.1 Å². The number of hydrogen-bond acceptors (Lipinski definition) is 6. The van der Waals surface area contributed by atoms with Gasteiger partial charge >= 0.3 is 0 Å². The van der Waals surface area contributed by atoms with Crippen LogP contribution in [0, 0.1) is 0 Å². The second kappa shape index (κ2) is 8.44. The molecule has 1 fully saturated rings. The van der Waals surface area contributed by atoms with Crippen molar-refractivity contribution < 1.29 is 22.4 Å². The van der Waals surface area contributed by atoms with Crippen LogP contribution in [0.25, 0.3) is 0 Å². The van der Waals surface area contributed by atoms with Crippen molar-refractivity contribution in [2.45, 2.75) is 6.54 Å². The molecule has 1 amide bonds. The Kier molecular flexibility index (Phi) is 6.58. The van der Waals surface area contributed by atoms with Crippen molar-refractivity contribution in [3.05, 3.63) is 24.2 Å². The van der Waals surface area contributed by atoms with Gasteiger partial charge in [-0.3, -0.25) is 9.69 Å². The molecule has 130 valence electrons. The number of rotatable bonds is 8. The van der Waals surface area contributed by atoms with Crippen LogP contribution in [0.5, 0.6) is 0 Å². The number of morpholine rings is 1. The number of amides is 1. The minimum Gasteiger partial charge on any atom is -0.467 e. The van der Waals surface area contributed by atoms with Crippen molar-refractivity contribution >= 4 is 15.9 Å². The fraction of sp³-hybridized carbons (Fsp3) is 0.643. The lowest BCUT2D eigenvalue weighted by atomic mass is 10.4. The summed E-state index contributed by atoms with van der Waals surface area (Å²) in [6.07, 6.45) is 2.64. The van der Waals surface area contributed by atoms with Crippen LogP contribution in [0.1, 0.15) is 5.76 Å². The minimum absolute atomic E-state index is 0.191. The fourth-order valence-electron chi connectivity index (χ4n) is 2.25. The first-order valence-electron chi connectivity index (χ1n) is 7.49. The first kappa shape index (κ1) is 17.9. The van der Waals surface area contributed by atoms with E-state index in [1.165, 1.54) is 10.6 Å². The summed E-state index contributed by atoms with van der Waals surface area (Å²) < 4.78 is 35.3. The van der Waals surface area contributed by atoms with E-state index < -0.39 is 10.0 Å². The Morgan fingerprint density at radius 1 is 1.39 bits per heavy atom. The number of carbonyl (C=O) groups excluding carboxylic acids is 1. The first-order valence-corrected chi connectivity index (χ1v) is 9.34. The van der Waals surface area contributed by atoms with Gasteiger partial charge in [0.05, 0.1) is 38.8 Å². The van der Waals surface area contributed by atoms with Crippen molar-refractivity contribution in [3.63, 3.8) is 0 Å². The molecule has 0 unspecified atom stereocenters. The predicted octanol–water partition coefficient (Wildman–Crippen LogP) is -0.510. The summed E-state index contributed by atoms with van der Waals surface area (Å²) in [7, 11) is -3.44. The van der Waals surface area contributed by atoms with Gasteiger partial charge in [0.1, 0.15) is 5.76 Å². The van der Waals surface area contributed by atoms with E-state index in [-0.39, 0.29) is 25.5 Å². The van der Waals surface area contributed by atoms with E-state index in [2.05, 4.69) is 10.2 Å². The van der Waals surface area contributed by atoms with E-state index in [0.717, 1.165) is 19.3 Å². The SMILES string of the molecule is CS(=O)(=O)N(CCN1CCOCC1)CC(=O)NCc1ccco1. The molecule has 0 aliphatic carbocycles. The van der Waals surface area contributed by atoms with Gasteiger partial charge < -0.3 is 14.5 Å². The average molecular weight is 345 g/mol. The van der Waals surface area contributed by atoms with E-state index in [0.29, 0.717) is 25.5 Å². The smallest absolute Gasteiger partial charge is 0.235 e. The first-order chi connectivity index (χ1) is 10.9. The summed E-state index contributed by atoms with van der Waals surface area (Å²) in [4.78, 5) is 14.1. The fourth-order valence-corrected chi connectivity index (χ4v) is 3.02. The van der Waals surface area contributed by atoms with Crippen molar-refractivity contribution in [2.75, 3.05) is 52.2 Å². The van der Waals surface area contributed by atoms with Crippen LogP contribution in [0.3, 0.4) is 0 Å². The normalized spacial score (nSPS) is 16.6. The molecular formula is C14H23N3O5S. The second-order valence-corrected chi connectivity index (χ2v) is 7.39. The molecule has 0 radical (unpaired) electrons. The summed E-state index contributed by atoms with van der Waals surface area (Å²) in [6, 6.07) is 3.47. The quantitative estimate of drug-likeness (QED) is 0.682. The van der Waals surface area contributed by atoms with Gasteiger partial charge in [0.2, 0.25) is 15.9 Å². The van der Waals surface area contributed by atoms with Crippen LogP contribution >= 0.6 is 0 Å². The average Bonchev–Trinajstić information content (AvgIpc) is 3.02. The van der Waals surface area contributed by atoms with Gasteiger partial charge in [0.25, 0.3) is 0 Å². The summed E-state index contributed by atoms with van der Waals surface area (Å²) in [6.45, 7) is 3.79. The molecule has 2 rings (SSSR count). The summed E-state index contributed by atoms with van der Waals surface area (Å²) in [5.74, 6) is 0.270. The van der Waals surface area contributed by atoms with Crippen LogP contribution in [0.15, 0.2) is 22.8 Å². The van der Waals surface area contributed by atoms with Gasteiger partial charge in [-0.25, -0.2) is 8.42 Å². The Balaban J connectivity index is 1.81. The Hall–Kier alpha value is -1.42. The molecule has 1 N–H and O–H groups in total. The van der Waals surface area contributed by atoms with Gasteiger partial charge in [-0.1, -0.05) is 0 Å². The number of carbonyl (C=O) groups is 1. The molecular weight excluding hydrogens is 322 g/mol. The molecule has 0 aromatic carbocycles. The molecule has 0 atom stereocenters. The molecule has 1 aliphatic rings. The molecule has 9 heteroatoms. The molecule has 0 spiro atoms. The Morgan fingerprint density at radius 2 is 2.13 bits per heavy atom. The Morgan fingerprint density at radius 3 is 2.74 bits per heavy atom. The maximum Gasteiger partial charge on any atom is 0.235 e. The van der Waals surface area contributed by atoms with Crippen LogP contribution in [-0.2, 0) is 26.1 Å². The van der Waals surface area contributed by atoms with Crippen molar-refractivity contribution in [3.8, 4) is 0 Å². The Labute approximate surface area is 136 Å². The highest BCUT2D eigenvalue weighted by molar-refractivity contribution is 7.88. The van der Waals surface area contributed by atoms with Crippen molar-refractivity contribution in [2.24, 2.45) is 0 Å². The molecule has 1 aromatic heterocycles. The van der Waals surface area contributed by atoms with E-state index in [4.69, 9.17) is 9.15 Å². The molecule has 2 heterocycles. The lowest BCUT2D eigenvalue weighted by molar-refractivity contribution is -0.121. The maximum atomic E-state index is 12.0. The molecule has 8 nitrogen and oxygen atoms in total. The van der Waals surface area contributed by atoms with Crippen LogP contribution in [-0.4, -0.2) is 75.7 Å². The number of furan rings is 1. The van der Waals surface area contributed by atoms with Gasteiger partial charge in [-0.2, -0.15) is 4.31 Å². The lowest BCUT2D eigenvalue weighted by Crippen LogP contribution is -2.45. The third-order valence-corrected chi connectivity index (χ3v) is 4.85. The van der Waals surface area contributed by atoms with Crippen LogP contribution in [0.2, 0.25) is 0 Å². The lowest BCUT2D eigenvalue weighted by Gasteiger charge is -2.28. The van der Waals surface area contributed by atoms with Gasteiger partial charge in [0, 0.05) is 26.2 Å². The highest BCUT2D eigenvalue weighted by Crippen LogP contribution is 2.03. The van der Waals surface area contributed by atoms with Crippen LogP contribution < -0.4 is 5.32 Å². The minimum atomic E-state index is -3.44. The third kappa shape index (κ3) is 6.30. The highest BCUT2D eigenvalue weighted by atomic mass is 32.2. The zero-order valence-electron chi connectivity index (χ0n) is 13.2. The van der Waals surface area contributed by atoms with Crippen molar-refractivity contribution in [1.82, 2.24) is 14.5 Å². The zero-order valence-corrected chi connectivity index (χ0v) is 14.0. The number of hydrogen-bond donors (Lipinski definition) is 1.